The zero-order valence-corrected chi connectivity index (χ0v) is 14.3. The fraction of sp³-hybridized carbons (Fsp3) is 0.667. The van der Waals surface area contributed by atoms with Gasteiger partial charge in [0.15, 0.2) is 11.6 Å². The van der Waals surface area contributed by atoms with Crippen molar-refractivity contribution in [2.45, 2.75) is 64.1 Å². The maximum atomic E-state index is 13.7. The van der Waals surface area contributed by atoms with Gasteiger partial charge in [-0.2, -0.15) is 4.98 Å². The third-order valence-electron chi connectivity index (χ3n) is 3.45. The number of carbonyl (C=O) groups is 1. The van der Waals surface area contributed by atoms with Crippen molar-refractivity contribution in [2.24, 2.45) is 0 Å². The van der Waals surface area contributed by atoms with Gasteiger partial charge in [-0.1, -0.05) is 0 Å². The zero-order chi connectivity index (χ0) is 17.0. The van der Waals surface area contributed by atoms with Crippen molar-refractivity contribution >= 4 is 23.5 Å². The minimum Gasteiger partial charge on any atom is -0.444 e. The van der Waals surface area contributed by atoms with E-state index in [2.05, 4.69) is 20.6 Å². The lowest BCUT2D eigenvalue weighted by molar-refractivity contribution is 0.0492. The summed E-state index contributed by atoms with van der Waals surface area (Å²) >= 11 is 5.69. The molecule has 1 aliphatic carbocycles. The zero-order valence-electron chi connectivity index (χ0n) is 13.5. The van der Waals surface area contributed by atoms with Gasteiger partial charge in [-0.3, -0.25) is 0 Å². The fourth-order valence-corrected chi connectivity index (χ4v) is 2.70. The van der Waals surface area contributed by atoms with E-state index in [0.29, 0.717) is 6.42 Å². The molecule has 2 N–H and O–H groups in total. The van der Waals surface area contributed by atoms with Crippen molar-refractivity contribution in [3.63, 3.8) is 0 Å². The van der Waals surface area contributed by atoms with Gasteiger partial charge in [-0.05, 0) is 58.1 Å². The quantitative estimate of drug-likeness (QED) is 0.820. The van der Waals surface area contributed by atoms with E-state index in [1.807, 2.05) is 20.8 Å². The van der Waals surface area contributed by atoms with Crippen LogP contribution in [-0.2, 0) is 4.74 Å². The van der Waals surface area contributed by atoms with Crippen molar-refractivity contribution in [3.8, 4) is 0 Å². The third kappa shape index (κ3) is 5.82. The van der Waals surface area contributed by atoms with E-state index >= 15 is 0 Å². The number of aromatic nitrogens is 2. The molecule has 0 radical (unpaired) electrons. The number of nitrogens with one attached hydrogen (secondary N) is 2. The Hall–Kier alpha value is -1.63. The Morgan fingerprint density at radius 2 is 2.09 bits per heavy atom. The summed E-state index contributed by atoms with van der Waals surface area (Å²) in [5.74, 6) is -0.454. The van der Waals surface area contributed by atoms with Crippen molar-refractivity contribution < 1.29 is 13.9 Å². The van der Waals surface area contributed by atoms with Gasteiger partial charge in [0.1, 0.15) is 5.60 Å². The second kappa shape index (κ2) is 7.29. The summed E-state index contributed by atoms with van der Waals surface area (Å²) in [6, 6.07) is -0.0133. The lowest BCUT2D eigenvalue weighted by atomic mass is 9.91. The van der Waals surface area contributed by atoms with Crippen LogP contribution in [0.1, 0.15) is 46.5 Å². The van der Waals surface area contributed by atoms with Crippen molar-refractivity contribution in [1.29, 1.82) is 0 Å². The molecular weight excluding hydrogens is 323 g/mol. The van der Waals surface area contributed by atoms with Gasteiger partial charge in [-0.25, -0.2) is 14.2 Å². The Bertz CT molecular complexity index is 565. The van der Waals surface area contributed by atoms with Crippen LogP contribution in [0.2, 0.25) is 5.28 Å². The van der Waals surface area contributed by atoms with Crippen LogP contribution in [0.3, 0.4) is 0 Å². The molecule has 8 heteroatoms. The Labute approximate surface area is 140 Å². The van der Waals surface area contributed by atoms with Gasteiger partial charge >= 0.3 is 6.09 Å². The molecule has 1 aromatic rings. The standard InChI is InChI=1S/C15H22ClFN4O2/c1-15(2,3)23-14(22)20-10-6-4-5-9(7-10)19-12-11(17)8-18-13(16)21-12/h8-10H,4-7H2,1-3H3,(H,20,22)(H,18,19,21)/t9-,10?/m0/s1. The molecule has 0 saturated heterocycles. The topological polar surface area (TPSA) is 76.1 Å². The molecule has 1 aliphatic rings. The fourth-order valence-electron chi connectivity index (χ4n) is 2.57. The summed E-state index contributed by atoms with van der Waals surface area (Å²) in [5, 5.41) is 5.90. The van der Waals surface area contributed by atoms with Crippen LogP contribution >= 0.6 is 11.6 Å². The van der Waals surface area contributed by atoms with E-state index in [1.54, 1.807) is 0 Å². The molecule has 6 nitrogen and oxygen atoms in total. The molecule has 0 spiro atoms. The number of rotatable bonds is 3. The number of ether oxygens (including phenoxy) is 1. The second-order valence-electron chi connectivity index (χ2n) is 6.69. The highest BCUT2D eigenvalue weighted by molar-refractivity contribution is 6.28. The molecule has 1 heterocycles. The highest BCUT2D eigenvalue weighted by atomic mass is 35.5. The van der Waals surface area contributed by atoms with E-state index in [-0.39, 0.29) is 23.2 Å². The van der Waals surface area contributed by atoms with Gasteiger partial charge in [0.05, 0.1) is 6.20 Å². The van der Waals surface area contributed by atoms with Crippen LogP contribution in [-0.4, -0.2) is 33.7 Å². The molecule has 1 fully saturated rings. The molecule has 1 saturated carbocycles. The minimum absolute atomic E-state index is 0.00385. The van der Waals surface area contributed by atoms with Crippen LogP contribution in [0.15, 0.2) is 6.20 Å². The molecule has 1 aromatic heterocycles. The van der Waals surface area contributed by atoms with E-state index in [0.717, 1.165) is 25.5 Å². The van der Waals surface area contributed by atoms with Gasteiger partial charge in [0.2, 0.25) is 5.28 Å². The number of alkyl carbamates (subject to hydrolysis) is 1. The number of hydrogen-bond acceptors (Lipinski definition) is 5. The lowest BCUT2D eigenvalue weighted by Gasteiger charge is -2.31. The monoisotopic (exact) mass is 344 g/mol. The van der Waals surface area contributed by atoms with Gasteiger partial charge in [0.25, 0.3) is 0 Å². The Morgan fingerprint density at radius 3 is 2.78 bits per heavy atom. The first-order chi connectivity index (χ1) is 10.7. The highest BCUT2D eigenvalue weighted by Gasteiger charge is 2.26. The summed E-state index contributed by atoms with van der Waals surface area (Å²) in [5.41, 5.74) is -0.531. The predicted octanol–water partition coefficient (Wildman–Crippen LogP) is 3.52. The number of halogens is 2. The van der Waals surface area contributed by atoms with Crippen LogP contribution in [0, 0.1) is 5.82 Å². The molecule has 1 amide bonds. The van der Waals surface area contributed by atoms with Crippen molar-refractivity contribution in [1.82, 2.24) is 15.3 Å². The van der Waals surface area contributed by atoms with Crippen LogP contribution < -0.4 is 10.6 Å². The smallest absolute Gasteiger partial charge is 0.407 e. The second-order valence-corrected chi connectivity index (χ2v) is 7.02. The van der Waals surface area contributed by atoms with Gasteiger partial charge in [-0.15, -0.1) is 0 Å². The van der Waals surface area contributed by atoms with Crippen molar-refractivity contribution in [2.75, 3.05) is 5.32 Å². The largest absolute Gasteiger partial charge is 0.444 e. The average molecular weight is 345 g/mol. The lowest BCUT2D eigenvalue weighted by Crippen LogP contribution is -2.44. The van der Waals surface area contributed by atoms with E-state index < -0.39 is 17.5 Å². The average Bonchev–Trinajstić information content (AvgIpc) is 2.41. The van der Waals surface area contributed by atoms with Crippen LogP contribution in [0.25, 0.3) is 0 Å². The molecule has 0 bridgehead atoms. The van der Waals surface area contributed by atoms with Crippen molar-refractivity contribution in [3.05, 3.63) is 17.3 Å². The summed E-state index contributed by atoms with van der Waals surface area (Å²) in [6.07, 6.45) is 3.92. The summed E-state index contributed by atoms with van der Waals surface area (Å²) in [4.78, 5) is 19.3. The Balaban J connectivity index is 1.90. The maximum Gasteiger partial charge on any atom is 0.407 e. The summed E-state index contributed by atoms with van der Waals surface area (Å²) in [6.45, 7) is 5.46. The molecule has 2 rings (SSSR count). The number of anilines is 1. The first-order valence-corrected chi connectivity index (χ1v) is 8.05. The number of carbonyl (C=O) groups excluding carboxylic acids is 1. The Morgan fingerprint density at radius 1 is 1.39 bits per heavy atom. The van der Waals surface area contributed by atoms with E-state index in [1.165, 1.54) is 0 Å². The van der Waals surface area contributed by atoms with E-state index in [4.69, 9.17) is 16.3 Å². The molecule has 2 atom stereocenters. The number of nitrogens with zero attached hydrogens (tertiary/aromatic N) is 2. The summed E-state index contributed by atoms with van der Waals surface area (Å²) in [7, 11) is 0. The molecule has 23 heavy (non-hydrogen) atoms. The molecule has 1 unspecified atom stereocenters. The Kier molecular flexibility index (Phi) is 5.62. The molecular formula is C15H22ClFN4O2. The minimum atomic E-state index is -0.545. The van der Waals surface area contributed by atoms with Crippen LogP contribution in [0.5, 0.6) is 0 Å². The first-order valence-electron chi connectivity index (χ1n) is 7.67. The first kappa shape index (κ1) is 17.7. The normalized spacial score (nSPS) is 21.6. The van der Waals surface area contributed by atoms with Gasteiger partial charge in [0, 0.05) is 12.1 Å². The maximum absolute atomic E-state index is 13.7. The van der Waals surface area contributed by atoms with E-state index in [9.17, 15) is 9.18 Å². The third-order valence-corrected chi connectivity index (χ3v) is 3.63. The SMILES string of the molecule is CC(C)(C)OC(=O)NC1CCC[C@H](Nc2nc(Cl)ncc2F)C1. The summed E-state index contributed by atoms with van der Waals surface area (Å²) < 4.78 is 18.9. The molecule has 128 valence electrons. The van der Waals surface area contributed by atoms with Crippen LogP contribution in [0.4, 0.5) is 15.0 Å². The molecule has 0 aliphatic heterocycles. The van der Waals surface area contributed by atoms with Gasteiger partial charge < -0.3 is 15.4 Å². The molecule has 0 aromatic carbocycles. The highest BCUT2D eigenvalue weighted by Crippen LogP contribution is 2.23. The predicted molar refractivity (Wildman–Crippen MR) is 86.0 cm³/mol. The number of hydrogen-bond donors (Lipinski definition) is 2. The number of amides is 1.